The second-order valence-electron chi connectivity index (χ2n) is 9.81. The van der Waals surface area contributed by atoms with E-state index in [4.69, 9.17) is 4.74 Å². The summed E-state index contributed by atoms with van der Waals surface area (Å²) in [5.41, 5.74) is 0.813. The maximum atomic E-state index is 14.2. The van der Waals surface area contributed by atoms with Gasteiger partial charge in [0.2, 0.25) is 20.9 Å². The van der Waals surface area contributed by atoms with Crippen LogP contribution in [0.1, 0.15) is 62.6 Å². The molecule has 2 aromatic rings. The van der Waals surface area contributed by atoms with E-state index in [2.05, 4.69) is 4.98 Å². The first-order chi connectivity index (χ1) is 16.4. The minimum atomic E-state index is -3.91. The first kappa shape index (κ1) is 23.5. The Kier molecular flexibility index (Phi) is 6.75. The van der Waals surface area contributed by atoms with Gasteiger partial charge in [0.1, 0.15) is 5.82 Å². The van der Waals surface area contributed by atoms with Gasteiger partial charge in [0.25, 0.3) is 0 Å². The van der Waals surface area contributed by atoms with Gasteiger partial charge in [-0.2, -0.15) is 0 Å². The highest BCUT2D eigenvalue weighted by atomic mass is 32.2. The van der Waals surface area contributed by atoms with Crippen LogP contribution in [0, 0.1) is 11.7 Å². The van der Waals surface area contributed by atoms with Crippen LogP contribution in [-0.4, -0.2) is 47.5 Å². The average Bonchev–Trinajstić information content (AvgIpc) is 3.22. The first-order valence-electron chi connectivity index (χ1n) is 12.3. The van der Waals surface area contributed by atoms with Crippen LogP contribution in [-0.2, 0) is 38.2 Å². The number of carbonyl (C=O) groups excluding carboxylic acids is 1. The third kappa shape index (κ3) is 5.05. The van der Waals surface area contributed by atoms with Gasteiger partial charge in [0, 0.05) is 24.1 Å². The molecule has 0 bridgehead atoms. The zero-order chi connectivity index (χ0) is 23.7. The summed E-state index contributed by atoms with van der Waals surface area (Å²) in [5, 5.41) is -0.0784. The fraction of sp³-hybridized carbons (Fsp3) is 0.600. The Balaban J connectivity index is 1.45. The molecule has 1 saturated heterocycles. The molecule has 1 amide bonds. The summed E-state index contributed by atoms with van der Waals surface area (Å²) in [6.07, 6.45) is 9.25. The van der Waals surface area contributed by atoms with E-state index < -0.39 is 21.4 Å². The highest BCUT2D eigenvalue weighted by Gasteiger charge is 2.38. The maximum absolute atomic E-state index is 14.2. The van der Waals surface area contributed by atoms with Gasteiger partial charge in [-0.05, 0) is 44.6 Å². The predicted molar refractivity (Wildman–Crippen MR) is 124 cm³/mol. The number of imidazole rings is 1. The highest BCUT2D eigenvalue weighted by molar-refractivity contribution is 7.90. The largest absolute Gasteiger partial charge is 0.376 e. The summed E-state index contributed by atoms with van der Waals surface area (Å²) in [6.45, 7) is 1.35. The molecule has 1 aromatic heterocycles. The van der Waals surface area contributed by atoms with E-state index >= 15 is 0 Å². The second kappa shape index (κ2) is 9.77. The van der Waals surface area contributed by atoms with Crippen LogP contribution in [0.25, 0.3) is 0 Å². The summed E-state index contributed by atoms with van der Waals surface area (Å²) in [7, 11) is -3.91. The molecule has 0 radical (unpaired) electrons. The lowest BCUT2D eigenvalue weighted by Crippen LogP contribution is -2.37. The average molecular weight is 490 g/mol. The van der Waals surface area contributed by atoms with Crippen LogP contribution < -0.4 is 0 Å². The molecule has 34 heavy (non-hydrogen) atoms. The zero-order valence-corrected chi connectivity index (χ0v) is 20.2. The van der Waals surface area contributed by atoms with Crippen molar-refractivity contribution in [2.45, 2.75) is 87.5 Å². The van der Waals surface area contributed by atoms with E-state index in [1.54, 1.807) is 16.8 Å². The summed E-state index contributed by atoms with van der Waals surface area (Å²) >= 11 is 0. The van der Waals surface area contributed by atoms with E-state index in [0.717, 1.165) is 51.4 Å². The molecule has 1 aliphatic heterocycles. The summed E-state index contributed by atoms with van der Waals surface area (Å²) in [4.78, 5) is 19.5. The van der Waals surface area contributed by atoms with Crippen LogP contribution in [0.4, 0.5) is 4.39 Å². The van der Waals surface area contributed by atoms with Gasteiger partial charge in [-0.25, -0.2) is 17.8 Å². The van der Waals surface area contributed by atoms with Crippen molar-refractivity contribution in [2.75, 3.05) is 6.61 Å². The van der Waals surface area contributed by atoms with Gasteiger partial charge in [-0.15, -0.1) is 0 Å². The summed E-state index contributed by atoms with van der Waals surface area (Å²) in [6, 6.07) is 6.13. The number of sulfone groups is 1. The molecule has 1 atom stereocenters. The molecule has 2 aliphatic carbocycles. The molecule has 7 nitrogen and oxygen atoms in total. The first-order valence-corrected chi connectivity index (χ1v) is 14.0. The van der Waals surface area contributed by atoms with Gasteiger partial charge in [0.15, 0.2) is 0 Å². The minimum Gasteiger partial charge on any atom is -0.376 e. The molecule has 2 saturated carbocycles. The van der Waals surface area contributed by atoms with Crippen molar-refractivity contribution in [3.63, 3.8) is 0 Å². The number of halogens is 1. The number of hydrogen-bond acceptors (Lipinski definition) is 5. The fourth-order valence-electron chi connectivity index (χ4n) is 5.19. The van der Waals surface area contributed by atoms with E-state index in [1.165, 1.54) is 18.2 Å². The van der Waals surface area contributed by atoms with Crippen molar-refractivity contribution in [1.29, 1.82) is 0 Å². The number of rotatable bonds is 9. The van der Waals surface area contributed by atoms with Gasteiger partial charge in [-0.1, -0.05) is 31.0 Å². The monoisotopic (exact) mass is 489 g/mol. The predicted octanol–water partition coefficient (Wildman–Crippen LogP) is 3.86. The topological polar surface area (TPSA) is 81.5 Å². The lowest BCUT2D eigenvalue weighted by Gasteiger charge is -2.26. The summed E-state index contributed by atoms with van der Waals surface area (Å²) in [5.74, 6) is -0.764. The Bertz CT molecular complexity index is 1130. The normalized spacial score (nSPS) is 21.3. The molecule has 0 spiro atoms. The Morgan fingerprint density at radius 1 is 1.12 bits per heavy atom. The minimum absolute atomic E-state index is 0.0689. The van der Waals surface area contributed by atoms with Crippen LogP contribution >= 0.6 is 0 Å². The molecule has 0 N–H and O–H groups in total. The lowest BCUT2D eigenvalue weighted by atomic mass is 10.1. The van der Waals surface area contributed by atoms with Crippen LogP contribution in [0.2, 0.25) is 0 Å². The Morgan fingerprint density at radius 3 is 2.56 bits per heavy atom. The highest BCUT2D eigenvalue weighted by Crippen LogP contribution is 2.34. The molecule has 5 rings (SSSR count). The third-order valence-corrected chi connectivity index (χ3v) is 8.77. The third-order valence-electron chi connectivity index (χ3n) is 7.20. The van der Waals surface area contributed by atoms with Crippen LogP contribution in [0.3, 0.4) is 0 Å². The second-order valence-corrected chi connectivity index (χ2v) is 11.7. The van der Waals surface area contributed by atoms with E-state index in [0.29, 0.717) is 25.4 Å². The van der Waals surface area contributed by atoms with Crippen LogP contribution in [0.15, 0.2) is 35.6 Å². The molecular weight excluding hydrogens is 457 g/mol. The number of amides is 1. The lowest BCUT2D eigenvalue weighted by molar-refractivity contribution is -0.136. The Labute approximate surface area is 200 Å². The Morgan fingerprint density at radius 2 is 1.88 bits per heavy atom. The standard InChI is InChI=1S/C25H32FN3O4S/c26-23-10-4-3-8-19(23)17-34(31,32)25-27-14-21(29(25)16-22-9-5-13-33-22)15-28(20-11-12-20)24(30)18-6-1-2-7-18/h3-4,8,10,14,18,20,22H,1-2,5-7,9,11-13,15-17H2. The fourth-order valence-corrected chi connectivity index (χ4v) is 6.71. The van der Waals surface area contributed by atoms with Crippen molar-refractivity contribution in [1.82, 2.24) is 14.5 Å². The molecule has 1 aromatic carbocycles. The number of nitrogens with zero attached hydrogens (tertiary/aromatic N) is 3. The number of benzene rings is 1. The number of aromatic nitrogens is 2. The van der Waals surface area contributed by atoms with Crippen molar-refractivity contribution >= 4 is 15.7 Å². The maximum Gasteiger partial charge on any atom is 0.228 e. The van der Waals surface area contributed by atoms with E-state index in [1.807, 2.05) is 4.90 Å². The van der Waals surface area contributed by atoms with Gasteiger partial charge >= 0.3 is 0 Å². The van der Waals surface area contributed by atoms with Crippen molar-refractivity contribution in [3.8, 4) is 0 Å². The quantitative estimate of drug-likeness (QED) is 0.534. The molecule has 3 fully saturated rings. The smallest absolute Gasteiger partial charge is 0.228 e. The molecule has 3 aliphatic rings. The molecule has 184 valence electrons. The zero-order valence-electron chi connectivity index (χ0n) is 19.4. The van der Waals surface area contributed by atoms with Crippen LogP contribution in [0.5, 0.6) is 0 Å². The van der Waals surface area contributed by atoms with Gasteiger partial charge in [0.05, 0.1) is 36.8 Å². The van der Waals surface area contributed by atoms with Gasteiger partial charge in [-0.3, -0.25) is 4.79 Å². The Hall–Kier alpha value is -2.26. The van der Waals surface area contributed by atoms with E-state index in [9.17, 15) is 17.6 Å². The molecular formula is C25H32FN3O4S. The molecule has 9 heteroatoms. The number of hydrogen-bond donors (Lipinski definition) is 0. The molecule has 1 unspecified atom stereocenters. The number of ether oxygens (including phenoxy) is 1. The van der Waals surface area contributed by atoms with Crippen molar-refractivity contribution < 1.29 is 22.3 Å². The SMILES string of the molecule is O=C(C1CCCC1)N(Cc1cnc(S(=O)(=O)Cc2ccccc2F)n1CC1CCCO1)C1CC1. The van der Waals surface area contributed by atoms with Crippen molar-refractivity contribution in [3.05, 3.63) is 47.5 Å². The van der Waals surface area contributed by atoms with Gasteiger partial charge < -0.3 is 14.2 Å². The summed E-state index contributed by atoms with van der Waals surface area (Å²) < 4.78 is 48.4. The molecule has 2 heterocycles. The van der Waals surface area contributed by atoms with E-state index in [-0.39, 0.29) is 34.7 Å². The van der Waals surface area contributed by atoms with Crippen molar-refractivity contribution in [2.24, 2.45) is 5.92 Å². The number of carbonyl (C=O) groups is 1.